The summed E-state index contributed by atoms with van der Waals surface area (Å²) in [6.45, 7) is 5.01. The largest absolute Gasteiger partial charge is 0.496 e. The predicted octanol–water partition coefficient (Wildman–Crippen LogP) is 2.20. The van der Waals surface area contributed by atoms with Crippen molar-refractivity contribution in [1.82, 2.24) is 5.32 Å². The van der Waals surface area contributed by atoms with Gasteiger partial charge in [-0.25, -0.2) is 0 Å². The monoisotopic (exact) mass is 321 g/mol. The van der Waals surface area contributed by atoms with E-state index in [4.69, 9.17) is 9.84 Å². The standard InChI is InChI=1S/C17H23NO5/c1-11(19)12-5-6-14(23-4)13(9-12)10-15(20)18-17(2,3)8-7-16(21)22/h5-6,9H,7-8,10H2,1-4H3,(H,18,20)(H,21,22). The summed E-state index contributed by atoms with van der Waals surface area (Å²) in [5.74, 6) is -0.702. The number of carboxylic acid groups (broad SMARTS) is 1. The number of hydrogen-bond acceptors (Lipinski definition) is 4. The Labute approximate surface area is 135 Å². The van der Waals surface area contributed by atoms with Crippen molar-refractivity contribution < 1.29 is 24.2 Å². The fourth-order valence-corrected chi connectivity index (χ4v) is 2.21. The van der Waals surface area contributed by atoms with Crippen LogP contribution in [-0.4, -0.2) is 35.4 Å². The Balaban J connectivity index is 2.82. The van der Waals surface area contributed by atoms with Crippen LogP contribution in [0.4, 0.5) is 0 Å². The molecule has 0 unspecified atom stereocenters. The molecule has 1 amide bonds. The summed E-state index contributed by atoms with van der Waals surface area (Å²) in [4.78, 5) is 34.3. The number of hydrogen-bond donors (Lipinski definition) is 2. The van der Waals surface area contributed by atoms with E-state index in [-0.39, 0.29) is 24.5 Å². The molecule has 0 atom stereocenters. The number of ether oxygens (including phenoxy) is 1. The number of carbonyl (C=O) groups is 3. The van der Waals surface area contributed by atoms with Crippen LogP contribution in [0.5, 0.6) is 5.75 Å². The minimum Gasteiger partial charge on any atom is -0.496 e. The van der Waals surface area contributed by atoms with E-state index in [1.165, 1.54) is 14.0 Å². The lowest BCUT2D eigenvalue weighted by molar-refractivity contribution is -0.137. The molecule has 0 bridgehead atoms. The molecule has 2 N–H and O–H groups in total. The third kappa shape index (κ3) is 6.10. The molecule has 0 saturated carbocycles. The molecule has 0 saturated heterocycles. The molecule has 0 heterocycles. The fraction of sp³-hybridized carbons (Fsp3) is 0.471. The Hall–Kier alpha value is -2.37. The quantitative estimate of drug-likeness (QED) is 0.716. The summed E-state index contributed by atoms with van der Waals surface area (Å²) in [6.07, 6.45) is 0.371. The van der Waals surface area contributed by atoms with Gasteiger partial charge in [0, 0.05) is 23.1 Å². The van der Waals surface area contributed by atoms with E-state index >= 15 is 0 Å². The van der Waals surface area contributed by atoms with Crippen molar-refractivity contribution in [3.05, 3.63) is 29.3 Å². The van der Waals surface area contributed by atoms with Gasteiger partial charge < -0.3 is 15.2 Å². The van der Waals surface area contributed by atoms with Crippen molar-refractivity contribution in [3.8, 4) is 5.75 Å². The van der Waals surface area contributed by atoms with Gasteiger partial charge >= 0.3 is 5.97 Å². The molecule has 0 spiro atoms. The van der Waals surface area contributed by atoms with Crippen molar-refractivity contribution in [1.29, 1.82) is 0 Å². The smallest absolute Gasteiger partial charge is 0.303 e. The van der Waals surface area contributed by atoms with Gasteiger partial charge in [0.1, 0.15) is 5.75 Å². The molecule has 0 radical (unpaired) electrons. The van der Waals surface area contributed by atoms with Crippen LogP contribution in [0, 0.1) is 0 Å². The van der Waals surface area contributed by atoms with Crippen molar-refractivity contribution in [2.75, 3.05) is 7.11 Å². The second kappa shape index (κ2) is 7.76. The minimum atomic E-state index is -0.900. The van der Waals surface area contributed by atoms with E-state index in [1.807, 2.05) is 0 Å². The third-order valence-corrected chi connectivity index (χ3v) is 3.48. The molecular weight excluding hydrogens is 298 g/mol. The van der Waals surface area contributed by atoms with Crippen LogP contribution < -0.4 is 10.1 Å². The zero-order valence-corrected chi connectivity index (χ0v) is 13.9. The molecule has 6 heteroatoms. The molecular formula is C17H23NO5. The van der Waals surface area contributed by atoms with Gasteiger partial charge in [-0.2, -0.15) is 0 Å². The predicted molar refractivity (Wildman–Crippen MR) is 85.8 cm³/mol. The zero-order valence-electron chi connectivity index (χ0n) is 13.9. The second-order valence-corrected chi connectivity index (χ2v) is 6.09. The normalized spacial score (nSPS) is 11.0. The van der Waals surface area contributed by atoms with E-state index in [9.17, 15) is 14.4 Å². The average Bonchev–Trinajstić information content (AvgIpc) is 2.44. The molecule has 0 aliphatic heterocycles. The highest BCUT2D eigenvalue weighted by Crippen LogP contribution is 2.21. The Morgan fingerprint density at radius 2 is 1.91 bits per heavy atom. The first-order chi connectivity index (χ1) is 10.6. The molecule has 23 heavy (non-hydrogen) atoms. The number of benzene rings is 1. The number of carboxylic acids is 1. The molecule has 0 aliphatic carbocycles. The van der Waals surface area contributed by atoms with Gasteiger partial charge in [-0.1, -0.05) is 0 Å². The molecule has 126 valence electrons. The first-order valence-corrected chi connectivity index (χ1v) is 7.35. The Bertz CT molecular complexity index is 607. The van der Waals surface area contributed by atoms with Crippen LogP contribution in [0.1, 0.15) is 49.5 Å². The van der Waals surface area contributed by atoms with E-state index in [2.05, 4.69) is 5.32 Å². The Morgan fingerprint density at radius 3 is 2.43 bits per heavy atom. The molecule has 1 rings (SSSR count). The van der Waals surface area contributed by atoms with E-state index in [0.717, 1.165) is 0 Å². The van der Waals surface area contributed by atoms with Crippen LogP contribution in [0.2, 0.25) is 0 Å². The van der Waals surface area contributed by atoms with Crippen LogP contribution >= 0.6 is 0 Å². The maximum Gasteiger partial charge on any atom is 0.303 e. The summed E-state index contributed by atoms with van der Waals surface area (Å²) in [6, 6.07) is 4.96. The van der Waals surface area contributed by atoms with E-state index in [0.29, 0.717) is 23.3 Å². The highest BCUT2D eigenvalue weighted by Gasteiger charge is 2.22. The third-order valence-electron chi connectivity index (χ3n) is 3.48. The highest BCUT2D eigenvalue weighted by atomic mass is 16.5. The maximum atomic E-state index is 12.2. The number of methoxy groups -OCH3 is 1. The molecule has 6 nitrogen and oxygen atoms in total. The van der Waals surface area contributed by atoms with Crippen LogP contribution in [-0.2, 0) is 16.0 Å². The molecule has 1 aromatic rings. The summed E-state index contributed by atoms with van der Waals surface area (Å²) in [5.41, 5.74) is 0.506. The molecule has 0 fully saturated rings. The van der Waals surface area contributed by atoms with Gasteiger partial charge in [0.05, 0.1) is 13.5 Å². The lowest BCUT2D eigenvalue weighted by Gasteiger charge is -2.26. The van der Waals surface area contributed by atoms with Gasteiger partial charge in [0.2, 0.25) is 5.91 Å². The lowest BCUT2D eigenvalue weighted by atomic mass is 9.97. The van der Waals surface area contributed by atoms with Gasteiger partial charge in [-0.05, 0) is 45.4 Å². The first kappa shape index (κ1) is 18.7. The zero-order chi connectivity index (χ0) is 17.6. The number of carbonyl (C=O) groups excluding carboxylic acids is 2. The Kier molecular flexibility index (Phi) is 6.30. The molecule has 0 aromatic heterocycles. The van der Waals surface area contributed by atoms with Crippen molar-refractivity contribution in [2.45, 2.75) is 45.6 Å². The van der Waals surface area contributed by atoms with Crippen molar-refractivity contribution in [3.63, 3.8) is 0 Å². The summed E-state index contributed by atoms with van der Waals surface area (Å²) in [7, 11) is 1.50. The molecule has 1 aromatic carbocycles. The van der Waals surface area contributed by atoms with Crippen LogP contribution in [0.3, 0.4) is 0 Å². The summed E-state index contributed by atoms with van der Waals surface area (Å²) in [5, 5.41) is 11.6. The minimum absolute atomic E-state index is 0.0174. The SMILES string of the molecule is COc1ccc(C(C)=O)cc1CC(=O)NC(C)(C)CCC(=O)O. The number of Topliss-reactive ketones (excluding diaryl/α,β-unsaturated/α-hetero) is 1. The summed E-state index contributed by atoms with van der Waals surface area (Å²) >= 11 is 0. The van der Waals surface area contributed by atoms with Crippen LogP contribution in [0.15, 0.2) is 18.2 Å². The molecule has 0 aliphatic rings. The number of amides is 1. The lowest BCUT2D eigenvalue weighted by Crippen LogP contribution is -2.44. The maximum absolute atomic E-state index is 12.2. The van der Waals surface area contributed by atoms with E-state index in [1.54, 1.807) is 32.0 Å². The number of ketones is 1. The second-order valence-electron chi connectivity index (χ2n) is 6.09. The van der Waals surface area contributed by atoms with Crippen molar-refractivity contribution in [2.24, 2.45) is 0 Å². The Morgan fingerprint density at radius 1 is 1.26 bits per heavy atom. The van der Waals surface area contributed by atoms with E-state index < -0.39 is 11.5 Å². The van der Waals surface area contributed by atoms with Crippen molar-refractivity contribution >= 4 is 17.7 Å². The number of aliphatic carboxylic acids is 1. The van der Waals surface area contributed by atoms with Gasteiger partial charge in [-0.3, -0.25) is 14.4 Å². The summed E-state index contributed by atoms with van der Waals surface area (Å²) < 4.78 is 5.22. The topological polar surface area (TPSA) is 92.7 Å². The van der Waals surface area contributed by atoms with Gasteiger partial charge in [-0.15, -0.1) is 0 Å². The van der Waals surface area contributed by atoms with Gasteiger partial charge in [0.25, 0.3) is 0 Å². The fourth-order valence-electron chi connectivity index (χ4n) is 2.21. The van der Waals surface area contributed by atoms with Crippen LogP contribution in [0.25, 0.3) is 0 Å². The average molecular weight is 321 g/mol. The number of nitrogens with one attached hydrogen (secondary N) is 1. The first-order valence-electron chi connectivity index (χ1n) is 7.35. The van der Waals surface area contributed by atoms with Gasteiger partial charge in [0.15, 0.2) is 5.78 Å². The number of rotatable bonds is 8. The highest BCUT2D eigenvalue weighted by molar-refractivity contribution is 5.94.